The highest BCUT2D eigenvalue weighted by molar-refractivity contribution is 5.35. The molecule has 1 heterocycles. The standard InChI is InChI=1S/C17H25N3/c1-14(2)11-18-9-5-7-16-12-19-20(13-16)17-8-4-6-15(3)10-17/h4,6,8,10,12-14,18H,5,7,9,11H2,1-3H3. The zero-order valence-electron chi connectivity index (χ0n) is 12.8. The van der Waals surface area contributed by atoms with Crippen LogP contribution in [0.5, 0.6) is 0 Å². The van der Waals surface area contributed by atoms with Crippen LogP contribution >= 0.6 is 0 Å². The van der Waals surface area contributed by atoms with Gasteiger partial charge in [-0.3, -0.25) is 0 Å². The average molecular weight is 271 g/mol. The molecule has 0 fully saturated rings. The van der Waals surface area contributed by atoms with Crippen molar-refractivity contribution < 1.29 is 0 Å². The van der Waals surface area contributed by atoms with Crippen molar-refractivity contribution in [2.24, 2.45) is 5.92 Å². The lowest BCUT2D eigenvalue weighted by molar-refractivity contribution is 0.543. The smallest absolute Gasteiger partial charge is 0.0648 e. The SMILES string of the molecule is Cc1cccc(-n2cc(CCCNCC(C)C)cn2)c1. The van der Waals surface area contributed by atoms with E-state index in [4.69, 9.17) is 0 Å². The van der Waals surface area contributed by atoms with Crippen molar-refractivity contribution in [3.05, 3.63) is 47.8 Å². The van der Waals surface area contributed by atoms with Gasteiger partial charge in [-0.05, 0) is 62.0 Å². The molecule has 20 heavy (non-hydrogen) atoms. The Morgan fingerprint density at radius 2 is 2.15 bits per heavy atom. The molecule has 0 radical (unpaired) electrons. The molecule has 1 N–H and O–H groups in total. The third-order valence-corrected chi connectivity index (χ3v) is 3.27. The summed E-state index contributed by atoms with van der Waals surface area (Å²) in [5.74, 6) is 0.721. The molecule has 2 aromatic rings. The zero-order valence-corrected chi connectivity index (χ0v) is 12.8. The Hall–Kier alpha value is -1.61. The van der Waals surface area contributed by atoms with Crippen LogP contribution in [0.1, 0.15) is 31.4 Å². The van der Waals surface area contributed by atoms with Crippen LogP contribution in [-0.2, 0) is 6.42 Å². The van der Waals surface area contributed by atoms with Crippen molar-refractivity contribution in [2.75, 3.05) is 13.1 Å². The largest absolute Gasteiger partial charge is 0.316 e. The minimum absolute atomic E-state index is 0.721. The molecule has 0 spiro atoms. The van der Waals surface area contributed by atoms with E-state index >= 15 is 0 Å². The molecule has 0 aliphatic heterocycles. The predicted molar refractivity (Wildman–Crippen MR) is 84.3 cm³/mol. The lowest BCUT2D eigenvalue weighted by Crippen LogP contribution is -2.20. The van der Waals surface area contributed by atoms with Gasteiger partial charge in [0.2, 0.25) is 0 Å². The van der Waals surface area contributed by atoms with Gasteiger partial charge in [-0.25, -0.2) is 4.68 Å². The summed E-state index contributed by atoms with van der Waals surface area (Å²) < 4.78 is 1.96. The fourth-order valence-electron chi connectivity index (χ4n) is 2.21. The van der Waals surface area contributed by atoms with Crippen LogP contribution in [0, 0.1) is 12.8 Å². The highest BCUT2D eigenvalue weighted by Crippen LogP contribution is 2.11. The van der Waals surface area contributed by atoms with E-state index < -0.39 is 0 Å². The van der Waals surface area contributed by atoms with Crippen LogP contribution in [0.2, 0.25) is 0 Å². The summed E-state index contributed by atoms with van der Waals surface area (Å²) >= 11 is 0. The normalized spacial score (nSPS) is 11.2. The first-order valence-corrected chi connectivity index (χ1v) is 7.46. The second kappa shape index (κ2) is 7.25. The van der Waals surface area contributed by atoms with Crippen molar-refractivity contribution in [2.45, 2.75) is 33.6 Å². The molecule has 0 saturated carbocycles. The topological polar surface area (TPSA) is 29.9 Å². The molecule has 1 aromatic heterocycles. The highest BCUT2D eigenvalue weighted by atomic mass is 15.3. The molecular formula is C17H25N3. The van der Waals surface area contributed by atoms with E-state index in [9.17, 15) is 0 Å². The molecule has 0 aliphatic carbocycles. The summed E-state index contributed by atoms with van der Waals surface area (Å²) in [6, 6.07) is 8.42. The lowest BCUT2D eigenvalue weighted by atomic mass is 10.2. The van der Waals surface area contributed by atoms with Gasteiger partial charge >= 0.3 is 0 Å². The maximum Gasteiger partial charge on any atom is 0.0648 e. The predicted octanol–water partition coefficient (Wildman–Crippen LogP) is 3.36. The van der Waals surface area contributed by atoms with Crippen molar-refractivity contribution in [3.8, 4) is 5.69 Å². The molecule has 108 valence electrons. The van der Waals surface area contributed by atoms with Crippen LogP contribution in [0.15, 0.2) is 36.7 Å². The molecule has 2 rings (SSSR count). The van der Waals surface area contributed by atoms with Crippen LogP contribution in [0.4, 0.5) is 0 Å². The van der Waals surface area contributed by atoms with E-state index in [1.807, 2.05) is 10.9 Å². The summed E-state index contributed by atoms with van der Waals surface area (Å²) in [6.07, 6.45) is 6.35. The van der Waals surface area contributed by atoms with E-state index in [2.05, 4.69) is 61.6 Å². The van der Waals surface area contributed by atoms with Gasteiger partial charge in [0.05, 0.1) is 11.9 Å². The molecule has 0 amide bonds. The summed E-state index contributed by atoms with van der Waals surface area (Å²) in [5.41, 5.74) is 3.70. The Balaban J connectivity index is 1.83. The zero-order chi connectivity index (χ0) is 14.4. The van der Waals surface area contributed by atoms with Crippen LogP contribution in [0.3, 0.4) is 0 Å². The molecule has 3 heteroatoms. The minimum Gasteiger partial charge on any atom is -0.316 e. The van der Waals surface area contributed by atoms with Crippen molar-refractivity contribution in [1.82, 2.24) is 15.1 Å². The molecule has 3 nitrogen and oxygen atoms in total. The van der Waals surface area contributed by atoms with Gasteiger partial charge in [0.15, 0.2) is 0 Å². The van der Waals surface area contributed by atoms with Crippen molar-refractivity contribution >= 4 is 0 Å². The van der Waals surface area contributed by atoms with Gasteiger partial charge in [0, 0.05) is 6.20 Å². The van der Waals surface area contributed by atoms with Gasteiger partial charge in [0.25, 0.3) is 0 Å². The van der Waals surface area contributed by atoms with Crippen LogP contribution in [0.25, 0.3) is 5.69 Å². The molecule has 0 aliphatic rings. The first kappa shape index (κ1) is 14.8. The van der Waals surface area contributed by atoms with E-state index in [1.54, 1.807) is 0 Å². The Labute approximate surface area is 122 Å². The monoisotopic (exact) mass is 271 g/mol. The Bertz CT molecular complexity index is 529. The van der Waals surface area contributed by atoms with Gasteiger partial charge in [-0.1, -0.05) is 26.0 Å². The number of hydrogen-bond donors (Lipinski definition) is 1. The van der Waals surface area contributed by atoms with Gasteiger partial charge in [0.1, 0.15) is 0 Å². The van der Waals surface area contributed by atoms with Crippen LogP contribution < -0.4 is 5.32 Å². The molecule has 0 atom stereocenters. The van der Waals surface area contributed by atoms with E-state index in [0.29, 0.717) is 0 Å². The first-order valence-electron chi connectivity index (χ1n) is 7.46. The van der Waals surface area contributed by atoms with Crippen molar-refractivity contribution in [3.63, 3.8) is 0 Å². The summed E-state index contributed by atoms with van der Waals surface area (Å²) in [6.45, 7) is 8.75. The molecule has 0 saturated heterocycles. The fourth-order valence-corrected chi connectivity index (χ4v) is 2.21. The van der Waals surface area contributed by atoms with Gasteiger partial charge < -0.3 is 5.32 Å². The quantitative estimate of drug-likeness (QED) is 0.783. The third-order valence-electron chi connectivity index (χ3n) is 3.27. The van der Waals surface area contributed by atoms with Gasteiger partial charge in [-0.2, -0.15) is 5.10 Å². The van der Waals surface area contributed by atoms with Crippen molar-refractivity contribution in [1.29, 1.82) is 0 Å². The van der Waals surface area contributed by atoms with E-state index in [1.165, 1.54) is 11.1 Å². The maximum absolute atomic E-state index is 4.45. The second-order valence-corrected chi connectivity index (χ2v) is 5.83. The highest BCUT2D eigenvalue weighted by Gasteiger charge is 2.01. The second-order valence-electron chi connectivity index (χ2n) is 5.83. The summed E-state index contributed by atoms with van der Waals surface area (Å²) in [4.78, 5) is 0. The molecule has 1 aromatic carbocycles. The minimum atomic E-state index is 0.721. The molecule has 0 unspecified atom stereocenters. The first-order chi connectivity index (χ1) is 9.65. The summed E-state index contributed by atoms with van der Waals surface area (Å²) in [5, 5.41) is 7.92. The number of nitrogens with one attached hydrogen (secondary N) is 1. The number of aromatic nitrogens is 2. The number of nitrogens with zero attached hydrogens (tertiary/aromatic N) is 2. The Morgan fingerprint density at radius 3 is 2.90 bits per heavy atom. The number of benzene rings is 1. The fraction of sp³-hybridized carbons (Fsp3) is 0.471. The average Bonchev–Trinajstić information content (AvgIpc) is 2.87. The van der Waals surface area contributed by atoms with E-state index in [-0.39, 0.29) is 0 Å². The summed E-state index contributed by atoms with van der Waals surface area (Å²) in [7, 11) is 0. The molecule has 0 bridgehead atoms. The Morgan fingerprint density at radius 1 is 1.30 bits per heavy atom. The number of rotatable bonds is 7. The Kier molecular flexibility index (Phi) is 5.36. The third kappa shape index (κ3) is 4.49. The van der Waals surface area contributed by atoms with E-state index in [0.717, 1.165) is 37.5 Å². The number of hydrogen-bond acceptors (Lipinski definition) is 2. The van der Waals surface area contributed by atoms with Crippen LogP contribution in [-0.4, -0.2) is 22.9 Å². The lowest BCUT2D eigenvalue weighted by Gasteiger charge is -2.06. The number of aryl methyl sites for hydroxylation is 2. The molecular weight excluding hydrogens is 246 g/mol. The maximum atomic E-state index is 4.45. The van der Waals surface area contributed by atoms with Gasteiger partial charge in [-0.15, -0.1) is 0 Å².